The summed E-state index contributed by atoms with van der Waals surface area (Å²) in [6.45, 7) is 1.56. The summed E-state index contributed by atoms with van der Waals surface area (Å²) >= 11 is 0. The van der Waals surface area contributed by atoms with Crippen molar-refractivity contribution < 1.29 is 33.9 Å². The monoisotopic (exact) mass is 564 g/mol. The third kappa shape index (κ3) is 9.55. The number of rotatable bonds is 13. The highest BCUT2D eigenvalue weighted by Gasteiger charge is 2.37. The lowest BCUT2D eigenvalue weighted by Crippen LogP contribution is -2.56. The third-order valence-electron chi connectivity index (χ3n) is 6.97. The van der Waals surface area contributed by atoms with Crippen LogP contribution >= 0.6 is 0 Å². The van der Waals surface area contributed by atoms with Crippen LogP contribution in [0.4, 0.5) is 0 Å². The van der Waals surface area contributed by atoms with Gasteiger partial charge >= 0.3 is 5.97 Å². The Hall–Kier alpha value is -4.54. The fourth-order valence-corrected chi connectivity index (χ4v) is 4.64. The molecule has 1 aliphatic rings. The summed E-state index contributed by atoms with van der Waals surface area (Å²) in [5.74, 6) is -3.07. The first kappa shape index (κ1) is 31.0. The van der Waals surface area contributed by atoms with Gasteiger partial charge in [0.15, 0.2) is 0 Å². The van der Waals surface area contributed by atoms with E-state index in [9.17, 15) is 28.8 Å². The standard InChI is InChI=1S/C30H36N4O7/c1-21(29(40)31-24(20-35)18-28(38)39)34-17-16-33(27(37)15-13-23-10-6-3-7-11-23)19-25(30(34)41)32-26(36)14-12-22-8-4-2-5-9-22/h2-11,20-21,24-25H,12-19H2,1H3,(H,31,40)(H,32,36)(H,38,39)/t21-,24?,25?/m0/s1. The number of aliphatic carboxylic acids is 1. The van der Waals surface area contributed by atoms with Crippen LogP contribution in [-0.4, -0.2) is 88.6 Å². The second-order valence-corrected chi connectivity index (χ2v) is 9.99. The van der Waals surface area contributed by atoms with Gasteiger partial charge in [-0.2, -0.15) is 0 Å². The van der Waals surface area contributed by atoms with Crippen molar-refractivity contribution in [3.63, 3.8) is 0 Å². The zero-order valence-electron chi connectivity index (χ0n) is 23.0. The molecular formula is C30H36N4O7. The summed E-state index contributed by atoms with van der Waals surface area (Å²) in [6.07, 6.45) is 1.04. The van der Waals surface area contributed by atoms with E-state index >= 15 is 0 Å². The molecule has 2 unspecified atom stereocenters. The van der Waals surface area contributed by atoms with Gasteiger partial charge in [0.25, 0.3) is 0 Å². The maximum absolute atomic E-state index is 13.6. The predicted octanol–water partition coefficient (Wildman–Crippen LogP) is 0.955. The van der Waals surface area contributed by atoms with E-state index in [4.69, 9.17) is 5.11 Å². The van der Waals surface area contributed by atoms with Crippen molar-refractivity contribution in [3.8, 4) is 0 Å². The molecule has 0 aliphatic carbocycles. The number of hydrogen-bond acceptors (Lipinski definition) is 6. The predicted molar refractivity (Wildman–Crippen MR) is 149 cm³/mol. The lowest BCUT2D eigenvalue weighted by atomic mass is 10.1. The van der Waals surface area contributed by atoms with Crippen LogP contribution in [-0.2, 0) is 41.6 Å². The molecule has 11 heteroatoms. The first-order valence-electron chi connectivity index (χ1n) is 13.6. The van der Waals surface area contributed by atoms with Crippen LogP contribution in [0.25, 0.3) is 0 Å². The Morgan fingerprint density at radius 3 is 2.10 bits per heavy atom. The van der Waals surface area contributed by atoms with E-state index in [-0.39, 0.29) is 44.3 Å². The molecule has 1 aliphatic heterocycles. The van der Waals surface area contributed by atoms with Gasteiger partial charge in [0.1, 0.15) is 18.4 Å². The highest BCUT2D eigenvalue weighted by molar-refractivity contribution is 5.94. The molecule has 0 aromatic heterocycles. The van der Waals surface area contributed by atoms with Gasteiger partial charge in [0.2, 0.25) is 23.6 Å². The van der Waals surface area contributed by atoms with Gasteiger partial charge in [-0.25, -0.2) is 0 Å². The largest absolute Gasteiger partial charge is 0.481 e. The van der Waals surface area contributed by atoms with E-state index < -0.39 is 42.3 Å². The zero-order valence-corrected chi connectivity index (χ0v) is 23.0. The molecule has 11 nitrogen and oxygen atoms in total. The summed E-state index contributed by atoms with van der Waals surface area (Å²) in [7, 11) is 0. The average molecular weight is 565 g/mol. The summed E-state index contributed by atoms with van der Waals surface area (Å²) < 4.78 is 0. The number of carbonyl (C=O) groups excluding carboxylic acids is 5. The number of aryl methyl sites for hydroxylation is 2. The smallest absolute Gasteiger partial charge is 0.305 e. The molecular weight excluding hydrogens is 528 g/mol. The molecule has 0 bridgehead atoms. The van der Waals surface area contributed by atoms with Gasteiger partial charge in [-0.05, 0) is 30.9 Å². The normalized spacial score (nSPS) is 16.7. The fourth-order valence-electron chi connectivity index (χ4n) is 4.64. The van der Waals surface area contributed by atoms with E-state index in [1.54, 1.807) is 0 Å². The first-order valence-corrected chi connectivity index (χ1v) is 13.6. The van der Waals surface area contributed by atoms with Gasteiger partial charge in [-0.3, -0.25) is 24.0 Å². The topological polar surface area (TPSA) is 153 Å². The summed E-state index contributed by atoms with van der Waals surface area (Å²) in [4.78, 5) is 77.6. The number of benzene rings is 2. The van der Waals surface area contributed by atoms with Crippen LogP contribution in [0.1, 0.15) is 37.3 Å². The second-order valence-electron chi connectivity index (χ2n) is 9.99. The Kier molecular flexibility index (Phi) is 11.6. The molecule has 1 fully saturated rings. The number of nitrogens with one attached hydrogen (secondary N) is 2. The van der Waals surface area contributed by atoms with Crippen molar-refractivity contribution in [2.45, 2.75) is 57.2 Å². The van der Waals surface area contributed by atoms with E-state index in [1.165, 1.54) is 16.7 Å². The minimum Gasteiger partial charge on any atom is -0.481 e. The minimum atomic E-state index is -1.26. The molecule has 0 saturated carbocycles. The van der Waals surface area contributed by atoms with Crippen molar-refractivity contribution >= 4 is 35.9 Å². The molecule has 0 spiro atoms. The molecule has 218 valence electrons. The molecule has 1 heterocycles. The molecule has 3 rings (SSSR count). The van der Waals surface area contributed by atoms with Gasteiger partial charge in [-0.15, -0.1) is 0 Å². The molecule has 41 heavy (non-hydrogen) atoms. The molecule has 3 atom stereocenters. The molecule has 4 amide bonds. The fraction of sp³-hybridized carbons (Fsp3) is 0.400. The van der Waals surface area contributed by atoms with E-state index in [1.807, 2.05) is 60.7 Å². The molecule has 1 saturated heterocycles. The lowest BCUT2D eigenvalue weighted by molar-refractivity contribution is -0.143. The number of nitrogens with zero attached hydrogens (tertiary/aromatic N) is 2. The minimum absolute atomic E-state index is 0.0194. The van der Waals surface area contributed by atoms with Gasteiger partial charge in [-0.1, -0.05) is 60.7 Å². The van der Waals surface area contributed by atoms with Crippen molar-refractivity contribution in [1.29, 1.82) is 0 Å². The maximum atomic E-state index is 13.6. The Labute approximate surface area is 238 Å². The summed E-state index contributed by atoms with van der Waals surface area (Å²) in [5.41, 5.74) is 1.96. The molecule has 0 radical (unpaired) electrons. The van der Waals surface area contributed by atoms with Crippen LogP contribution in [0.5, 0.6) is 0 Å². The van der Waals surface area contributed by atoms with Gasteiger partial charge in [0, 0.05) is 32.5 Å². The van der Waals surface area contributed by atoms with Crippen molar-refractivity contribution in [2.75, 3.05) is 19.6 Å². The SMILES string of the molecule is C[C@@H](C(=O)NC(C=O)CC(=O)O)N1CCN(C(=O)CCc2ccccc2)CC(NC(=O)CCc2ccccc2)C1=O. The second kappa shape index (κ2) is 15.3. The highest BCUT2D eigenvalue weighted by atomic mass is 16.4. The van der Waals surface area contributed by atoms with Crippen LogP contribution in [0.15, 0.2) is 60.7 Å². The Morgan fingerprint density at radius 1 is 0.951 bits per heavy atom. The molecule has 2 aromatic rings. The summed E-state index contributed by atoms with van der Waals surface area (Å²) in [5, 5.41) is 14.1. The first-order chi connectivity index (χ1) is 19.7. The van der Waals surface area contributed by atoms with Gasteiger partial charge in [0.05, 0.1) is 12.5 Å². The Morgan fingerprint density at radius 2 is 1.54 bits per heavy atom. The number of carboxylic acid groups (broad SMARTS) is 1. The number of aldehydes is 1. The zero-order chi connectivity index (χ0) is 29.8. The van der Waals surface area contributed by atoms with E-state index in [0.717, 1.165) is 11.1 Å². The highest BCUT2D eigenvalue weighted by Crippen LogP contribution is 2.14. The lowest BCUT2D eigenvalue weighted by Gasteiger charge is -2.29. The number of hydrogen-bond donors (Lipinski definition) is 3. The van der Waals surface area contributed by atoms with Crippen molar-refractivity contribution in [1.82, 2.24) is 20.4 Å². The maximum Gasteiger partial charge on any atom is 0.305 e. The van der Waals surface area contributed by atoms with Crippen LogP contribution in [0.2, 0.25) is 0 Å². The van der Waals surface area contributed by atoms with Gasteiger partial charge < -0.3 is 30.3 Å². The average Bonchev–Trinajstić information content (AvgIpc) is 3.13. The molecule has 3 N–H and O–H groups in total. The van der Waals surface area contributed by atoms with E-state index in [0.29, 0.717) is 19.1 Å². The van der Waals surface area contributed by atoms with Crippen LogP contribution in [0, 0.1) is 0 Å². The van der Waals surface area contributed by atoms with Crippen molar-refractivity contribution in [2.24, 2.45) is 0 Å². The summed E-state index contributed by atoms with van der Waals surface area (Å²) in [6, 6.07) is 15.5. The van der Waals surface area contributed by atoms with Crippen molar-refractivity contribution in [3.05, 3.63) is 71.8 Å². The third-order valence-corrected chi connectivity index (χ3v) is 6.97. The van der Waals surface area contributed by atoms with E-state index in [2.05, 4.69) is 10.6 Å². The number of carbonyl (C=O) groups is 6. The van der Waals surface area contributed by atoms with Crippen LogP contribution < -0.4 is 10.6 Å². The quantitative estimate of drug-likeness (QED) is 0.306. The molecule has 2 aromatic carbocycles. The number of amides is 4. The number of carboxylic acids is 1. The Balaban J connectivity index is 1.73. The Bertz CT molecular complexity index is 1220. The van der Waals surface area contributed by atoms with Crippen LogP contribution in [0.3, 0.4) is 0 Å².